The van der Waals surface area contributed by atoms with Gasteiger partial charge in [-0.1, -0.05) is 74.6 Å². The monoisotopic (exact) mass is 388 g/mol. The Morgan fingerprint density at radius 1 is 0.750 bits per heavy atom. The first kappa shape index (κ1) is 26.1. The number of hydrogen-bond acceptors (Lipinski definition) is 3. The lowest BCUT2D eigenvalue weighted by Gasteiger charge is -2.14. The highest BCUT2D eigenvalue weighted by atomic mass is 16.6. The zero-order chi connectivity index (χ0) is 20.7. The van der Waals surface area contributed by atoms with Crippen LogP contribution in [0.2, 0.25) is 0 Å². The van der Waals surface area contributed by atoms with Gasteiger partial charge < -0.3 is 9.47 Å². The molecule has 0 saturated carbocycles. The molecule has 0 aromatic carbocycles. The van der Waals surface area contributed by atoms with Gasteiger partial charge in [-0.15, -0.1) is 0 Å². The van der Waals surface area contributed by atoms with E-state index in [2.05, 4.69) is 61.6 Å². The van der Waals surface area contributed by atoms with E-state index in [0.29, 0.717) is 19.6 Å². The van der Waals surface area contributed by atoms with Crippen LogP contribution >= 0.6 is 0 Å². The van der Waals surface area contributed by atoms with Gasteiger partial charge in [0.2, 0.25) is 0 Å². The molecule has 0 saturated heterocycles. The second kappa shape index (κ2) is 21.4. The molecule has 0 aromatic heterocycles. The van der Waals surface area contributed by atoms with Crippen LogP contribution in [0.4, 0.5) is 0 Å². The maximum atomic E-state index is 11.8. The van der Waals surface area contributed by atoms with E-state index in [0.717, 1.165) is 44.9 Å². The molecule has 0 spiro atoms. The van der Waals surface area contributed by atoms with Crippen molar-refractivity contribution in [2.24, 2.45) is 0 Å². The van der Waals surface area contributed by atoms with Gasteiger partial charge in [0.1, 0.15) is 0 Å². The van der Waals surface area contributed by atoms with Gasteiger partial charge in [0.05, 0.1) is 6.61 Å². The number of esters is 1. The summed E-state index contributed by atoms with van der Waals surface area (Å²) in [6.07, 6.45) is 28.8. The third kappa shape index (κ3) is 17.5. The maximum absolute atomic E-state index is 11.8. The van der Waals surface area contributed by atoms with Crippen molar-refractivity contribution in [2.75, 3.05) is 13.2 Å². The average Bonchev–Trinajstić information content (AvgIpc) is 2.70. The molecule has 0 N–H and O–H groups in total. The minimum atomic E-state index is -0.478. The Labute approximate surface area is 172 Å². The van der Waals surface area contributed by atoms with Crippen molar-refractivity contribution in [3.8, 4) is 0 Å². The number of allylic oxidation sites excluding steroid dienone is 9. The summed E-state index contributed by atoms with van der Waals surface area (Å²) >= 11 is 0. The summed E-state index contributed by atoms with van der Waals surface area (Å²) in [6.45, 7) is 6.97. The summed E-state index contributed by atoms with van der Waals surface area (Å²) in [5, 5.41) is 0. The van der Waals surface area contributed by atoms with Crippen LogP contribution in [0.1, 0.15) is 72.1 Å². The Hall–Kier alpha value is -1.87. The van der Waals surface area contributed by atoms with Crippen molar-refractivity contribution in [3.05, 3.63) is 60.8 Å². The topological polar surface area (TPSA) is 35.5 Å². The molecule has 0 aromatic rings. The van der Waals surface area contributed by atoms with Gasteiger partial charge >= 0.3 is 5.97 Å². The second-order valence-corrected chi connectivity index (χ2v) is 6.40. The Balaban J connectivity index is 3.84. The zero-order valence-electron chi connectivity index (χ0n) is 18.1. The number of hydrogen-bond donors (Lipinski definition) is 0. The number of unbranched alkanes of at least 4 members (excludes halogenated alkanes) is 1. The average molecular weight is 389 g/mol. The minimum absolute atomic E-state index is 0.264. The molecule has 1 unspecified atom stereocenters. The molecule has 0 amide bonds. The third-order valence-corrected chi connectivity index (χ3v) is 3.81. The van der Waals surface area contributed by atoms with Crippen LogP contribution in [0.15, 0.2) is 60.8 Å². The SMILES string of the molecule is CCC=CCC=CCC=CCC=CCCC=CCC(OCCC)C(=O)OCC. The fourth-order valence-corrected chi connectivity index (χ4v) is 2.36. The third-order valence-electron chi connectivity index (χ3n) is 3.81. The Bertz CT molecular complexity index is 498. The summed E-state index contributed by atoms with van der Waals surface area (Å²) in [6, 6.07) is 0. The summed E-state index contributed by atoms with van der Waals surface area (Å²) in [4.78, 5) is 11.8. The lowest BCUT2D eigenvalue weighted by Crippen LogP contribution is -2.26. The van der Waals surface area contributed by atoms with E-state index >= 15 is 0 Å². The van der Waals surface area contributed by atoms with Crippen LogP contribution in [-0.4, -0.2) is 25.3 Å². The summed E-state index contributed by atoms with van der Waals surface area (Å²) in [5.41, 5.74) is 0. The van der Waals surface area contributed by atoms with Gasteiger partial charge in [-0.05, 0) is 51.9 Å². The fourth-order valence-electron chi connectivity index (χ4n) is 2.36. The van der Waals surface area contributed by atoms with Crippen LogP contribution in [0.5, 0.6) is 0 Å². The first-order valence-corrected chi connectivity index (χ1v) is 10.8. The molecule has 0 aliphatic rings. The van der Waals surface area contributed by atoms with E-state index in [4.69, 9.17) is 9.47 Å². The molecule has 0 rings (SSSR count). The molecule has 28 heavy (non-hydrogen) atoms. The lowest BCUT2D eigenvalue weighted by molar-refractivity contribution is -0.156. The predicted octanol–water partition coefficient (Wildman–Crippen LogP) is 6.88. The van der Waals surface area contributed by atoms with Crippen molar-refractivity contribution >= 4 is 5.97 Å². The van der Waals surface area contributed by atoms with Gasteiger partial charge in [0, 0.05) is 13.0 Å². The molecule has 0 radical (unpaired) electrons. The molecule has 0 fully saturated rings. The van der Waals surface area contributed by atoms with Gasteiger partial charge in [-0.25, -0.2) is 4.79 Å². The molecule has 3 heteroatoms. The van der Waals surface area contributed by atoms with Crippen molar-refractivity contribution in [2.45, 2.75) is 78.2 Å². The molecule has 0 heterocycles. The van der Waals surface area contributed by atoms with Crippen molar-refractivity contribution in [1.82, 2.24) is 0 Å². The van der Waals surface area contributed by atoms with Gasteiger partial charge in [0.25, 0.3) is 0 Å². The zero-order valence-corrected chi connectivity index (χ0v) is 18.1. The van der Waals surface area contributed by atoms with Crippen LogP contribution in [0.25, 0.3) is 0 Å². The number of ether oxygens (including phenoxy) is 2. The van der Waals surface area contributed by atoms with Crippen molar-refractivity contribution in [3.63, 3.8) is 0 Å². The molecule has 158 valence electrons. The van der Waals surface area contributed by atoms with E-state index in [1.54, 1.807) is 0 Å². The molecule has 0 bridgehead atoms. The summed E-state index contributed by atoms with van der Waals surface area (Å²) in [7, 11) is 0. The fraction of sp³-hybridized carbons (Fsp3) is 0.560. The number of carbonyl (C=O) groups is 1. The van der Waals surface area contributed by atoms with Crippen LogP contribution in [0, 0.1) is 0 Å². The van der Waals surface area contributed by atoms with E-state index in [9.17, 15) is 4.79 Å². The highest BCUT2D eigenvalue weighted by Crippen LogP contribution is 2.05. The highest BCUT2D eigenvalue weighted by Gasteiger charge is 2.18. The summed E-state index contributed by atoms with van der Waals surface area (Å²) in [5.74, 6) is -0.264. The van der Waals surface area contributed by atoms with Crippen LogP contribution < -0.4 is 0 Å². The predicted molar refractivity (Wildman–Crippen MR) is 120 cm³/mol. The van der Waals surface area contributed by atoms with E-state index in [1.165, 1.54) is 0 Å². The highest BCUT2D eigenvalue weighted by molar-refractivity contribution is 5.74. The summed E-state index contributed by atoms with van der Waals surface area (Å²) < 4.78 is 10.6. The maximum Gasteiger partial charge on any atom is 0.335 e. The smallest absolute Gasteiger partial charge is 0.335 e. The van der Waals surface area contributed by atoms with Crippen molar-refractivity contribution in [1.29, 1.82) is 0 Å². The first-order chi connectivity index (χ1) is 13.8. The molecule has 3 nitrogen and oxygen atoms in total. The molecular formula is C25H40O3. The van der Waals surface area contributed by atoms with Crippen molar-refractivity contribution < 1.29 is 14.3 Å². The molecule has 1 atom stereocenters. The Morgan fingerprint density at radius 2 is 1.29 bits per heavy atom. The van der Waals surface area contributed by atoms with Gasteiger partial charge in [-0.3, -0.25) is 0 Å². The van der Waals surface area contributed by atoms with Gasteiger partial charge in [-0.2, -0.15) is 0 Å². The van der Waals surface area contributed by atoms with E-state index in [1.807, 2.05) is 19.9 Å². The van der Waals surface area contributed by atoms with Gasteiger partial charge in [0.15, 0.2) is 6.10 Å². The Morgan fingerprint density at radius 3 is 1.82 bits per heavy atom. The standard InChI is InChI=1S/C25H40O3/c1-4-7-8-9-10-11-12-13-14-15-16-17-18-19-20-21-22-24(28-23-5-2)25(26)27-6-3/h7-8,10-11,13-14,16-17,20-21,24H,4-6,9,12,15,18-19,22-23H2,1-3H3. The van der Waals surface area contributed by atoms with Crippen LogP contribution in [0.3, 0.4) is 0 Å². The molecule has 0 aliphatic heterocycles. The Kier molecular flexibility index (Phi) is 20.0. The minimum Gasteiger partial charge on any atom is -0.464 e. The quantitative estimate of drug-likeness (QED) is 0.155. The van der Waals surface area contributed by atoms with E-state index in [-0.39, 0.29) is 5.97 Å². The van der Waals surface area contributed by atoms with E-state index < -0.39 is 6.10 Å². The molecule has 0 aliphatic carbocycles. The number of carbonyl (C=O) groups excluding carboxylic acids is 1. The first-order valence-electron chi connectivity index (χ1n) is 10.8. The molecular weight excluding hydrogens is 348 g/mol. The normalized spacial score (nSPS) is 13.7. The second-order valence-electron chi connectivity index (χ2n) is 6.40. The lowest BCUT2D eigenvalue weighted by atomic mass is 10.2. The van der Waals surface area contributed by atoms with Crippen LogP contribution in [-0.2, 0) is 14.3 Å². The number of rotatable bonds is 17. The largest absolute Gasteiger partial charge is 0.464 e.